The summed E-state index contributed by atoms with van der Waals surface area (Å²) < 4.78 is 23.4. The summed E-state index contributed by atoms with van der Waals surface area (Å²) in [7, 11) is 0. The summed E-state index contributed by atoms with van der Waals surface area (Å²) in [6.07, 6.45) is -2.90. The van der Waals surface area contributed by atoms with Gasteiger partial charge in [0, 0.05) is 0 Å². The Labute approximate surface area is 211 Å². The van der Waals surface area contributed by atoms with Gasteiger partial charge in [-0.05, 0) is 39.2 Å². The van der Waals surface area contributed by atoms with Crippen molar-refractivity contribution in [3.05, 3.63) is 35.9 Å². The number of alkyl carbamates (subject to hydrolysis) is 1. The van der Waals surface area contributed by atoms with E-state index in [1.54, 1.807) is 58.9 Å². The summed E-state index contributed by atoms with van der Waals surface area (Å²) in [5.41, 5.74) is -0.0193. The molecule has 4 atom stereocenters. The minimum absolute atomic E-state index is 0.0217. The molecule has 1 aromatic rings. The number of amides is 3. The maximum Gasteiger partial charge on any atom is 0.408 e. The monoisotopic (exact) mass is 511 g/mol. The van der Waals surface area contributed by atoms with Crippen LogP contribution in [0.4, 0.5) is 9.18 Å². The maximum atomic E-state index is 13.1. The molecule has 0 radical (unpaired) electrons. The van der Waals surface area contributed by atoms with Gasteiger partial charge in [0.05, 0.1) is 12.5 Å². The van der Waals surface area contributed by atoms with Gasteiger partial charge in [-0.15, -0.1) is 0 Å². The average molecular weight is 512 g/mol. The topological polar surface area (TPSA) is 143 Å². The van der Waals surface area contributed by atoms with Gasteiger partial charge in [-0.1, -0.05) is 44.2 Å². The SMILES string of the molecule is CC(C)[C@H](NC(=O)OCc1ccccc1)C(=O)N[C@@H](C)C(=O)NC(CC(=O)OC(C)(C)C)C(O)CF. The molecule has 36 heavy (non-hydrogen) atoms. The second-order valence-corrected chi connectivity index (χ2v) is 9.79. The third kappa shape index (κ3) is 11.5. The molecule has 1 aromatic carbocycles. The van der Waals surface area contributed by atoms with Gasteiger partial charge in [0.1, 0.15) is 37.1 Å². The van der Waals surface area contributed by atoms with Crippen molar-refractivity contribution in [1.82, 2.24) is 16.0 Å². The summed E-state index contributed by atoms with van der Waals surface area (Å²) in [5, 5.41) is 17.3. The first-order chi connectivity index (χ1) is 16.7. The first-order valence-corrected chi connectivity index (χ1v) is 11.8. The maximum absolute atomic E-state index is 13.1. The van der Waals surface area contributed by atoms with Crippen molar-refractivity contribution >= 4 is 23.9 Å². The predicted octanol–water partition coefficient (Wildman–Crippen LogP) is 1.99. The highest BCUT2D eigenvalue weighted by molar-refractivity contribution is 5.91. The molecule has 0 heterocycles. The third-order valence-electron chi connectivity index (χ3n) is 4.94. The largest absolute Gasteiger partial charge is 0.460 e. The highest BCUT2D eigenvalue weighted by atomic mass is 19.1. The van der Waals surface area contributed by atoms with Crippen LogP contribution in [0.25, 0.3) is 0 Å². The van der Waals surface area contributed by atoms with E-state index < -0.39 is 66.8 Å². The van der Waals surface area contributed by atoms with Crippen LogP contribution in [-0.4, -0.2) is 65.5 Å². The molecular formula is C25H38FN3O7. The smallest absolute Gasteiger partial charge is 0.408 e. The van der Waals surface area contributed by atoms with Gasteiger partial charge >= 0.3 is 12.1 Å². The van der Waals surface area contributed by atoms with E-state index in [1.807, 2.05) is 6.07 Å². The van der Waals surface area contributed by atoms with E-state index in [9.17, 15) is 28.7 Å². The summed E-state index contributed by atoms with van der Waals surface area (Å²) in [6, 6.07) is 5.63. The Kier molecular flexibility index (Phi) is 12.3. The van der Waals surface area contributed by atoms with Crippen molar-refractivity contribution in [2.45, 2.75) is 84.4 Å². The molecule has 2 unspecified atom stereocenters. The van der Waals surface area contributed by atoms with Crippen LogP contribution in [0.2, 0.25) is 0 Å². The number of rotatable bonds is 12. The van der Waals surface area contributed by atoms with Crippen LogP contribution in [0, 0.1) is 5.92 Å². The van der Waals surface area contributed by atoms with Gasteiger partial charge in [0.25, 0.3) is 0 Å². The number of aliphatic hydroxyl groups excluding tert-OH is 1. The van der Waals surface area contributed by atoms with Crippen molar-refractivity contribution in [2.75, 3.05) is 6.67 Å². The second kappa shape index (κ2) is 14.4. The van der Waals surface area contributed by atoms with Crippen LogP contribution < -0.4 is 16.0 Å². The van der Waals surface area contributed by atoms with Crippen LogP contribution in [0.5, 0.6) is 0 Å². The fraction of sp³-hybridized carbons (Fsp3) is 0.600. The molecule has 11 heteroatoms. The van der Waals surface area contributed by atoms with E-state index in [-0.39, 0.29) is 12.5 Å². The van der Waals surface area contributed by atoms with E-state index in [1.165, 1.54) is 6.92 Å². The summed E-state index contributed by atoms with van der Waals surface area (Å²) in [5.74, 6) is -2.45. The number of alkyl halides is 1. The van der Waals surface area contributed by atoms with Crippen molar-refractivity contribution in [2.24, 2.45) is 5.92 Å². The number of nitrogens with one attached hydrogen (secondary N) is 3. The molecule has 3 amide bonds. The van der Waals surface area contributed by atoms with E-state index >= 15 is 0 Å². The molecule has 10 nitrogen and oxygen atoms in total. The molecule has 0 saturated heterocycles. The Bertz CT molecular complexity index is 874. The van der Waals surface area contributed by atoms with Crippen molar-refractivity contribution < 1.29 is 38.1 Å². The van der Waals surface area contributed by atoms with E-state index in [4.69, 9.17) is 9.47 Å². The zero-order valence-electron chi connectivity index (χ0n) is 21.7. The molecule has 202 valence electrons. The molecule has 4 N–H and O–H groups in total. The average Bonchev–Trinajstić information content (AvgIpc) is 2.79. The number of carbonyl (C=O) groups excluding carboxylic acids is 4. The van der Waals surface area contributed by atoms with Crippen LogP contribution in [0.15, 0.2) is 30.3 Å². The Balaban J connectivity index is 2.71. The van der Waals surface area contributed by atoms with Crippen molar-refractivity contribution in [3.8, 4) is 0 Å². The first kappa shape index (κ1) is 30.8. The molecule has 0 spiro atoms. The normalized spacial score (nSPS) is 14.7. The number of benzene rings is 1. The van der Waals surface area contributed by atoms with Gasteiger partial charge in [0.2, 0.25) is 11.8 Å². The van der Waals surface area contributed by atoms with Gasteiger partial charge in [-0.3, -0.25) is 14.4 Å². The second-order valence-electron chi connectivity index (χ2n) is 9.79. The van der Waals surface area contributed by atoms with E-state index in [2.05, 4.69) is 16.0 Å². The number of carbonyl (C=O) groups is 4. The Hall–Kier alpha value is -3.21. The summed E-state index contributed by atoms with van der Waals surface area (Å²) in [6.45, 7) is 8.58. The molecule has 0 aliphatic rings. The highest BCUT2D eigenvalue weighted by Crippen LogP contribution is 2.11. The summed E-state index contributed by atoms with van der Waals surface area (Å²) >= 11 is 0. The third-order valence-corrected chi connectivity index (χ3v) is 4.94. The Morgan fingerprint density at radius 2 is 1.58 bits per heavy atom. The van der Waals surface area contributed by atoms with Gasteiger partial charge in [-0.25, -0.2) is 9.18 Å². The number of halogens is 1. The number of esters is 1. The fourth-order valence-corrected chi connectivity index (χ4v) is 3.06. The van der Waals surface area contributed by atoms with Crippen molar-refractivity contribution in [3.63, 3.8) is 0 Å². The zero-order chi connectivity index (χ0) is 27.5. The fourth-order valence-electron chi connectivity index (χ4n) is 3.06. The molecule has 0 aliphatic heterocycles. The van der Waals surface area contributed by atoms with Gasteiger partial charge < -0.3 is 30.5 Å². The minimum atomic E-state index is -1.64. The molecule has 0 aliphatic carbocycles. The van der Waals surface area contributed by atoms with Gasteiger partial charge in [-0.2, -0.15) is 0 Å². The van der Waals surface area contributed by atoms with Crippen LogP contribution >= 0.6 is 0 Å². The number of hydrogen-bond acceptors (Lipinski definition) is 7. The first-order valence-electron chi connectivity index (χ1n) is 11.8. The lowest BCUT2D eigenvalue weighted by Crippen LogP contribution is -2.56. The molecule has 1 rings (SSSR count). The van der Waals surface area contributed by atoms with E-state index in [0.29, 0.717) is 0 Å². The van der Waals surface area contributed by atoms with Crippen LogP contribution in [0.1, 0.15) is 53.5 Å². The highest BCUT2D eigenvalue weighted by Gasteiger charge is 2.31. The molecule has 0 fully saturated rings. The van der Waals surface area contributed by atoms with Crippen molar-refractivity contribution in [1.29, 1.82) is 0 Å². The van der Waals surface area contributed by atoms with Crippen LogP contribution in [0.3, 0.4) is 0 Å². The lowest BCUT2D eigenvalue weighted by Gasteiger charge is -2.27. The molecule has 0 aromatic heterocycles. The number of aliphatic hydroxyl groups is 1. The molecule has 0 bridgehead atoms. The number of hydrogen-bond donors (Lipinski definition) is 4. The van der Waals surface area contributed by atoms with E-state index in [0.717, 1.165) is 5.56 Å². The molecular weight excluding hydrogens is 473 g/mol. The van der Waals surface area contributed by atoms with Gasteiger partial charge in [0.15, 0.2) is 0 Å². The lowest BCUT2D eigenvalue weighted by atomic mass is 10.0. The lowest BCUT2D eigenvalue weighted by molar-refractivity contribution is -0.156. The standard InChI is InChI=1S/C25H38FN3O7/c1-15(2)21(29-24(34)35-14-17-10-8-7-9-11-17)23(33)27-16(3)22(32)28-18(19(30)13-26)12-20(31)36-25(4,5)6/h7-11,15-16,18-19,21,30H,12-14H2,1-6H3,(H,27,33)(H,28,32)(H,29,34)/t16-,18?,19?,21-/m0/s1. The Morgan fingerprint density at radius 1 is 0.972 bits per heavy atom. The predicted molar refractivity (Wildman–Crippen MR) is 130 cm³/mol. The number of ether oxygens (including phenoxy) is 2. The summed E-state index contributed by atoms with van der Waals surface area (Å²) in [4.78, 5) is 49.7. The minimum Gasteiger partial charge on any atom is -0.460 e. The van der Waals surface area contributed by atoms with Crippen LogP contribution in [-0.2, 0) is 30.5 Å². The molecule has 0 saturated carbocycles. The zero-order valence-corrected chi connectivity index (χ0v) is 21.7. The Morgan fingerprint density at radius 3 is 2.11 bits per heavy atom. The quantitative estimate of drug-likeness (QED) is 0.314.